The summed E-state index contributed by atoms with van der Waals surface area (Å²) in [6.07, 6.45) is 6.68. The van der Waals surface area contributed by atoms with Crippen molar-refractivity contribution < 1.29 is 4.74 Å². The first-order valence-electron chi connectivity index (χ1n) is 8.15. The van der Waals surface area contributed by atoms with E-state index < -0.39 is 0 Å². The van der Waals surface area contributed by atoms with Gasteiger partial charge in [-0.1, -0.05) is 33.6 Å². The van der Waals surface area contributed by atoms with Gasteiger partial charge in [0.05, 0.1) is 6.61 Å². The third-order valence-electron chi connectivity index (χ3n) is 4.04. The van der Waals surface area contributed by atoms with Gasteiger partial charge in [-0.05, 0) is 31.7 Å². The molecule has 0 aromatic heterocycles. The number of rotatable bonds is 9. The Labute approximate surface area is 120 Å². The van der Waals surface area contributed by atoms with Crippen LogP contribution in [0.1, 0.15) is 52.9 Å². The van der Waals surface area contributed by atoms with E-state index in [-0.39, 0.29) is 0 Å². The van der Waals surface area contributed by atoms with Crippen LogP contribution >= 0.6 is 0 Å². The first-order valence-corrected chi connectivity index (χ1v) is 8.15. The molecular weight excluding hydrogens is 236 g/mol. The number of hydrogen-bond acceptors (Lipinski definition) is 3. The monoisotopic (exact) mass is 270 g/mol. The van der Waals surface area contributed by atoms with Crippen molar-refractivity contribution in [2.75, 3.05) is 33.4 Å². The van der Waals surface area contributed by atoms with Gasteiger partial charge < -0.3 is 10.1 Å². The second-order valence-corrected chi connectivity index (χ2v) is 6.29. The fraction of sp³-hybridized carbons (Fsp3) is 1.00. The molecule has 1 aliphatic carbocycles. The summed E-state index contributed by atoms with van der Waals surface area (Å²) in [4.78, 5) is 2.67. The molecule has 3 nitrogen and oxygen atoms in total. The molecular formula is C16H34N2O. The lowest BCUT2D eigenvalue weighted by Crippen LogP contribution is -2.53. The minimum absolute atomic E-state index is 0.685. The van der Waals surface area contributed by atoms with E-state index in [0.717, 1.165) is 25.6 Å². The van der Waals surface area contributed by atoms with E-state index in [2.05, 4.69) is 31.0 Å². The van der Waals surface area contributed by atoms with Gasteiger partial charge in [0.2, 0.25) is 0 Å². The Morgan fingerprint density at radius 1 is 1.26 bits per heavy atom. The molecule has 0 aliphatic heterocycles. The van der Waals surface area contributed by atoms with E-state index in [1.165, 1.54) is 38.6 Å². The first kappa shape index (κ1) is 16.9. The Morgan fingerprint density at radius 3 is 2.63 bits per heavy atom. The maximum atomic E-state index is 5.30. The molecule has 1 rings (SSSR count). The minimum Gasteiger partial charge on any atom is -0.383 e. The summed E-state index contributed by atoms with van der Waals surface area (Å²) in [5.41, 5.74) is 0. The van der Waals surface area contributed by atoms with Crippen molar-refractivity contribution in [3.63, 3.8) is 0 Å². The quantitative estimate of drug-likeness (QED) is 0.697. The SMILES string of the molecule is CCCNC1CCCCC1N(CCOC)CC(C)C. The van der Waals surface area contributed by atoms with Gasteiger partial charge in [-0.25, -0.2) is 0 Å². The van der Waals surface area contributed by atoms with Crippen molar-refractivity contribution in [2.24, 2.45) is 5.92 Å². The molecule has 0 aromatic rings. The Kier molecular flexibility index (Phi) is 8.67. The average Bonchev–Trinajstić information content (AvgIpc) is 2.41. The minimum atomic E-state index is 0.685. The van der Waals surface area contributed by atoms with E-state index in [1.807, 2.05) is 0 Å². The highest BCUT2D eigenvalue weighted by Gasteiger charge is 2.29. The standard InChI is InChI=1S/C16H34N2O/c1-5-10-17-15-8-6-7-9-16(15)18(11-12-19-4)13-14(2)3/h14-17H,5-13H2,1-4H3. The molecule has 0 saturated heterocycles. The number of methoxy groups -OCH3 is 1. The van der Waals surface area contributed by atoms with Crippen LogP contribution in [0.2, 0.25) is 0 Å². The largest absolute Gasteiger partial charge is 0.383 e. The van der Waals surface area contributed by atoms with E-state index >= 15 is 0 Å². The molecule has 1 N–H and O–H groups in total. The molecule has 1 saturated carbocycles. The zero-order chi connectivity index (χ0) is 14.1. The number of nitrogens with one attached hydrogen (secondary N) is 1. The summed E-state index contributed by atoms with van der Waals surface area (Å²) in [7, 11) is 1.81. The molecule has 0 amide bonds. The van der Waals surface area contributed by atoms with Crippen molar-refractivity contribution in [3.8, 4) is 0 Å². The molecule has 0 radical (unpaired) electrons. The van der Waals surface area contributed by atoms with Crippen molar-refractivity contribution in [1.82, 2.24) is 10.2 Å². The average molecular weight is 270 g/mol. The summed E-state index contributed by atoms with van der Waals surface area (Å²) in [5, 5.41) is 3.77. The fourth-order valence-electron chi connectivity index (χ4n) is 3.19. The first-order chi connectivity index (χ1) is 9.19. The molecule has 0 bridgehead atoms. The topological polar surface area (TPSA) is 24.5 Å². The van der Waals surface area contributed by atoms with E-state index in [1.54, 1.807) is 7.11 Å². The highest BCUT2D eigenvalue weighted by Crippen LogP contribution is 2.24. The number of hydrogen-bond donors (Lipinski definition) is 1. The third-order valence-corrected chi connectivity index (χ3v) is 4.04. The summed E-state index contributed by atoms with van der Waals surface area (Å²) >= 11 is 0. The lowest BCUT2D eigenvalue weighted by Gasteiger charge is -2.41. The van der Waals surface area contributed by atoms with Gasteiger partial charge in [0.15, 0.2) is 0 Å². The van der Waals surface area contributed by atoms with Gasteiger partial charge in [0, 0.05) is 32.3 Å². The smallest absolute Gasteiger partial charge is 0.0589 e. The number of ether oxygens (including phenoxy) is 1. The Bertz CT molecular complexity index is 221. The molecule has 0 aromatic carbocycles. The highest BCUT2D eigenvalue weighted by molar-refractivity contribution is 4.88. The van der Waals surface area contributed by atoms with Crippen LogP contribution in [0.3, 0.4) is 0 Å². The maximum absolute atomic E-state index is 5.30. The number of nitrogens with zero attached hydrogens (tertiary/aromatic N) is 1. The maximum Gasteiger partial charge on any atom is 0.0589 e. The zero-order valence-electron chi connectivity index (χ0n) is 13.5. The van der Waals surface area contributed by atoms with Crippen LogP contribution in [0.25, 0.3) is 0 Å². The van der Waals surface area contributed by atoms with Crippen LogP contribution in [0.4, 0.5) is 0 Å². The normalized spacial score (nSPS) is 24.3. The van der Waals surface area contributed by atoms with Crippen LogP contribution in [-0.4, -0.2) is 50.3 Å². The lowest BCUT2D eigenvalue weighted by atomic mass is 9.88. The molecule has 2 atom stereocenters. The second-order valence-electron chi connectivity index (χ2n) is 6.29. The fourth-order valence-corrected chi connectivity index (χ4v) is 3.19. The van der Waals surface area contributed by atoms with Gasteiger partial charge in [-0.15, -0.1) is 0 Å². The second kappa shape index (κ2) is 9.73. The molecule has 0 heterocycles. The summed E-state index contributed by atoms with van der Waals surface area (Å²) in [5.74, 6) is 0.727. The zero-order valence-corrected chi connectivity index (χ0v) is 13.5. The lowest BCUT2D eigenvalue weighted by molar-refractivity contribution is 0.0744. The Balaban J connectivity index is 2.59. The van der Waals surface area contributed by atoms with Crippen LogP contribution < -0.4 is 5.32 Å². The van der Waals surface area contributed by atoms with Gasteiger partial charge >= 0.3 is 0 Å². The Hall–Kier alpha value is -0.120. The van der Waals surface area contributed by atoms with Crippen LogP contribution in [0, 0.1) is 5.92 Å². The predicted molar refractivity (Wildman–Crippen MR) is 82.6 cm³/mol. The van der Waals surface area contributed by atoms with Gasteiger partial charge in [-0.3, -0.25) is 4.90 Å². The van der Waals surface area contributed by atoms with Gasteiger partial charge in [0.1, 0.15) is 0 Å². The van der Waals surface area contributed by atoms with E-state index in [0.29, 0.717) is 12.1 Å². The highest BCUT2D eigenvalue weighted by atomic mass is 16.5. The predicted octanol–water partition coefficient (Wildman–Crippen LogP) is 2.90. The molecule has 19 heavy (non-hydrogen) atoms. The van der Waals surface area contributed by atoms with Gasteiger partial charge in [0.25, 0.3) is 0 Å². The molecule has 114 valence electrons. The van der Waals surface area contributed by atoms with Crippen LogP contribution in [0.5, 0.6) is 0 Å². The van der Waals surface area contributed by atoms with Crippen molar-refractivity contribution in [3.05, 3.63) is 0 Å². The van der Waals surface area contributed by atoms with Crippen molar-refractivity contribution in [1.29, 1.82) is 0 Å². The summed E-state index contributed by atoms with van der Waals surface area (Å²) in [6.45, 7) is 11.2. The van der Waals surface area contributed by atoms with Crippen molar-refractivity contribution in [2.45, 2.75) is 65.0 Å². The van der Waals surface area contributed by atoms with Crippen LogP contribution in [-0.2, 0) is 4.74 Å². The molecule has 2 unspecified atom stereocenters. The van der Waals surface area contributed by atoms with Crippen LogP contribution in [0.15, 0.2) is 0 Å². The molecule has 3 heteroatoms. The summed E-state index contributed by atoms with van der Waals surface area (Å²) in [6, 6.07) is 1.39. The van der Waals surface area contributed by atoms with E-state index in [9.17, 15) is 0 Å². The summed E-state index contributed by atoms with van der Waals surface area (Å²) < 4.78 is 5.30. The van der Waals surface area contributed by atoms with Gasteiger partial charge in [-0.2, -0.15) is 0 Å². The molecule has 0 spiro atoms. The Morgan fingerprint density at radius 2 is 2.00 bits per heavy atom. The molecule has 1 fully saturated rings. The van der Waals surface area contributed by atoms with Crippen molar-refractivity contribution >= 4 is 0 Å². The van der Waals surface area contributed by atoms with E-state index in [4.69, 9.17) is 4.74 Å². The molecule has 1 aliphatic rings. The third kappa shape index (κ3) is 6.24.